The third-order valence-corrected chi connectivity index (χ3v) is 4.55. The number of fused-ring (bicyclic) bond motifs is 1. The molecule has 1 aliphatic heterocycles. The Balaban J connectivity index is 1.44. The Bertz CT molecular complexity index is 938. The smallest absolute Gasteiger partial charge is 0.227 e. The van der Waals surface area contributed by atoms with Crippen LogP contribution in [0.4, 0.5) is 10.1 Å². The van der Waals surface area contributed by atoms with Crippen molar-refractivity contribution in [2.24, 2.45) is 0 Å². The highest BCUT2D eigenvalue weighted by atomic mass is 19.1. The molecule has 2 heterocycles. The molecule has 1 amide bonds. The number of aryl methyl sites for hydroxylation is 2. The number of nitrogens with zero attached hydrogens (tertiary/aromatic N) is 3. The standard InChI is InChI=1S/C20H18FN3O2/c21-16-9-3-2-8-15(16)20-22-18(26-23-20)11-12-19(25)24-13-5-7-14-6-1-4-10-17(14)24/h1-4,6,8-10H,5,7,11-13H2. The van der Waals surface area contributed by atoms with Gasteiger partial charge in [0.25, 0.3) is 0 Å². The number of halogens is 1. The van der Waals surface area contributed by atoms with Gasteiger partial charge in [-0.15, -0.1) is 0 Å². The summed E-state index contributed by atoms with van der Waals surface area (Å²) in [6.07, 6.45) is 2.56. The van der Waals surface area contributed by atoms with Gasteiger partial charge in [-0.05, 0) is 36.6 Å². The van der Waals surface area contributed by atoms with Gasteiger partial charge in [0, 0.05) is 25.1 Å². The largest absolute Gasteiger partial charge is 0.339 e. The fourth-order valence-electron chi connectivity index (χ4n) is 3.25. The van der Waals surface area contributed by atoms with Crippen LogP contribution in [0, 0.1) is 5.82 Å². The SMILES string of the molecule is O=C(CCc1nc(-c2ccccc2F)no1)N1CCCc2ccccc21. The molecule has 0 N–H and O–H groups in total. The topological polar surface area (TPSA) is 59.2 Å². The molecule has 4 rings (SSSR count). The van der Waals surface area contributed by atoms with Crippen molar-refractivity contribution >= 4 is 11.6 Å². The molecule has 0 saturated carbocycles. The quantitative estimate of drug-likeness (QED) is 0.718. The first-order valence-electron chi connectivity index (χ1n) is 8.68. The average Bonchev–Trinajstić information content (AvgIpc) is 3.15. The Hall–Kier alpha value is -3.02. The number of aromatic nitrogens is 2. The zero-order valence-electron chi connectivity index (χ0n) is 14.2. The second-order valence-corrected chi connectivity index (χ2v) is 6.27. The number of amides is 1. The molecule has 3 aromatic rings. The van der Waals surface area contributed by atoms with Gasteiger partial charge in [-0.3, -0.25) is 4.79 Å². The van der Waals surface area contributed by atoms with E-state index in [0.717, 1.165) is 25.1 Å². The van der Waals surface area contributed by atoms with Gasteiger partial charge in [0.2, 0.25) is 17.6 Å². The number of carbonyl (C=O) groups is 1. The molecule has 6 heteroatoms. The summed E-state index contributed by atoms with van der Waals surface area (Å²) in [4.78, 5) is 18.7. The lowest BCUT2D eigenvalue weighted by Crippen LogP contribution is -2.35. The van der Waals surface area contributed by atoms with Crippen molar-refractivity contribution in [1.82, 2.24) is 10.1 Å². The lowest BCUT2D eigenvalue weighted by atomic mass is 10.0. The maximum absolute atomic E-state index is 13.8. The van der Waals surface area contributed by atoms with Crippen LogP contribution in [-0.4, -0.2) is 22.6 Å². The minimum absolute atomic E-state index is 0.0304. The van der Waals surface area contributed by atoms with E-state index < -0.39 is 5.82 Å². The molecule has 2 aromatic carbocycles. The van der Waals surface area contributed by atoms with Crippen molar-refractivity contribution in [2.45, 2.75) is 25.7 Å². The highest BCUT2D eigenvalue weighted by molar-refractivity contribution is 5.94. The van der Waals surface area contributed by atoms with E-state index in [4.69, 9.17) is 4.52 Å². The van der Waals surface area contributed by atoms with Crippen molar-refractivity contribution in [1.29, 1.82) is 0 Å². The van der Waals surface area contributed by atoms with Gasteiger partial charge < -0.3 is 9.42 Å². The van der Waals surface area contributed by atoms with Crippen molar-refractivity contribution in [3.63, 3.8) is 0 Å². The van der Waals surface area contributed by atoms with Gasteiger partial charge in [-0.25, -0.2) is 4.39 Å². The fourth-order valence-corrected chi connectivity index (χ4v) is 3.25. The number of para-hydroxylation sites is 1. The van der Waals surface area contributed by atoms with Crippen LogP contribution < -0.4 is 4.90 Å². The van der Waals surface area contributed by atoms with Crippen molar-refractivity contribution in [3.8, 4) is 11.4 Å². The summed E-state index contributed by atoms with van der Waals surface area (Å²) >= 11 is 0. The Morgan fingerprint density at radius 2 is 1.96 bits per heavy atom. The zero-order chi connectivity index (χ0) is 17.9. The van der Waals surface area contributed by atoms with Crippen molar-refractivity contribution in [2.75, 3.05) is 11.4 Å². The Morgan fingerprint density at radius 1 is 1.15 bits per heavy atom. The van der Waals surface area contributed by atoms with Gasteiger partial charge >= 0.3 is 0 Å². The molecule has 0 saturated heterocycles. The predicted octanol–water partition coefficient (Wildman–Crippen LogP) is 3.79. The van der Waals surface area contributed by atoms with Gasteiger partial charge in [-0.2, -0.15) is 4.98 Å². The lowest BCUT2D eigenvalue weighted by Gasteiger charge is -2.29. The summed E-state index contributed by atoms with van der Waals surface area (Å²) in [5, 5.41) is 3.82. The number of carbonyl (C=O) groups excluding carboxylic acids is 1. The van der Waals surface area contributed by atoms with E-state index in [1.165, 1.54) is 11.6 Å². The molecule has 1 aliphatic rings. The maximum Gasteiger partial charge on any atom is 0.227 e. The number of hydrogen-bond acceptors (Lipinski definition) is 4. The molecule has 132 valence electrons. The first-order valence-corrected chi connectivity index (χ1v) is 8.68. The zero-order valence-corrected chi connectivity index (χ0v) is 14.2. The van der Waals surface area contributed by atoms with Crippen LogP contribution in [0.3, 0.4) is 0 Å². The van der Waals surface area contributed by atoms with Crippen molar-refractivity contribution in [3.05, 3.63) is 65.8 Å². The molecule has 0 spiro atoms. The normalized spacial score (nSPS) is 13.5. The van der Waals surface area contributed by atoms with Gasteiger partial charge in [0.15, 0.2) is 0 Å². The molecule has 0 unspecified atom stereocenters. The van der Waals surface area contributed by atoms with Crippen LogP contribution in [0.5, 0.6) is 0 Å². The third-order valence-electron chi connectivity index (χ3n) is 4.55. The lowest BCUT2D eigenvalue weighted by molar-refractivity contribution is -0.118. The second kappa shape index (κ2) is 7.07. The molecule has 0 atom stereocenters. The van der Waals surface area contributed by atoms with Gasteiger partial charge in [0.05, 0.1) is 5.56 Å². The van der Waals surface area contributed by atoms with E-state index in [1.54, 1.807) is 18.2 Å². The average molecular weight is 351 g/mol. The van der Waals surface area contributed by atoms with Crippen LogP contribution in [0.15, 0.2) is 53.1 Å². The Labute approximate surface area is 150 Å². The summed E-state index contributed by atoms with van der Waals surface area (Å²) in [6.45, 7) is 0.722. The number of anilines is 1. The number of rotatable bonds is 4. The third kappa shape index (κ3) is 3.22. The van der Waals surface area contributed by atoms with E-state index in [2.05, 4.69) is 16.2 Å². The van der Waals surface area contributed by atoms with E-state index >= 15 is 0 Å². The molecular weight excluding hydrogens is 333 g/mol. The number of benzene rings is 2. The van der Waals surface area contributed by atoms with Crippen LogP contribution in [0.2, 0.25) is 0 Å². The van der Waals surface area contributed by atoms with Gasteiger partial charge in [0.1, 0.15) is 5.82 Å². The van der Waals surface area contributed by atoms with E-state index in [1.807, 2.05) is 23.1 Å². The van der Waals surface area contributed by atoms with Crippen LogP contribution in [-0.2, 0) is 17.6 Å². The summed E-state index contributed by atoms with van der Waals surface area (Å²) in [7, 11) is 0. The van der Waals surface area contributed by atoms with E-state index in [9.17, 15) is 9.18 Å². The van der Waals surface area contributed by atoms with Gasteiger partial charge in [-0.1, -0.05) is 35.5 Å². The summed E-state index contributed by atoms with van der Waals surface area (Å²) < 4.78 is 19.0. The minimum Gasteiger partial charge on any atom is -0.339 e. The van der Waals surface area contributed by atoms with Crippen LogP contribution >= 0.6 is 0 Å². The first-order chi connectivity index (χ1) is 12.7. The highest BCUT2D eigenvalue weighted by Gasteiger charge is 2.22. The summed E-state index contributed by atoms with van der Waals surface area (Å²) in [5.41, 5.74) is 2.48. The molecule has 0 fully saturated rings. The summed E-state index contributed by atoms with van der Waals surface area (Å²) in [5.74, 6) is 0.166. The highest BCUT2D eigenvalue weighted by Crippen LogP contribution is 2.27. The van der Waals surface area contributed by atoms with Crippen molar-refractivity contribution < 1.29 is 13.7 Å². The number of hydrogen-bond donors (Lipinski definition) is 0. The molecule has 5 nitrogen and oxygen atoms in total. The molecule has 1 aromatic heterocycles. The molecule has 0 radical (unpaired) electrons. The van der Waals surface area contributed by atoms with E-state index in [-0.39, 0.29) is 18.2 Å². The first kappa shape index (κ1) is 16.4. The molecular formula is C20H18FN3O2. The Kier molecular flexibility index (Phi) is 4.48. The maximum atomic E-state index is 13.8. The Morgan fingerprint density at radius 3 is 2.85 bits per heavy atom. The second-order valence-electron chi connectivity index (χ2n) is 6.27. The van der Waals surface area contributed by atoms with E-state index in [0.29, 0.717) is 17.9 Å². The molecule has 0 aliphatic carbocycles. The van der Waals surface area contributed by atoms with Crippen LogP contribution in [0.25, 0.3) is 11.4 Å². The monoisotopic (exact) mass is 351 g/mol. The summed E-state index contributed by atoms with van der Waals surface area (Å²) in [6, 6.07) is 14.3. The van der Waals surface area contributed by atoms with Crippen LogP contribution in [0.1, 0.15) is 24.3 Å². The molecule has 26 heavy (non-hydrogen) atoms. The minimum atomic E-state index is -0.402. The fraction of sp³-hybridized carbons (Fsp3) is 0.250. The molecule has 0 bridgehead atoms. The predicted molar refractivity (Wildman–Crippen MR) is 95.1 cm³/mol.